The van der Waals surface area contributed by atoms with Crippen molar-refractivity contribution in [2.45, 2.75) is 104 Å². The van der Waals surface area contributed by atoms with Gasteiger partial charge in [0, 0.05) is 5.92 Å². The van der Waals surface area contributed by atoms with Crippen LogP contribution in [-0.4, -0.2) is 0 Å². The van der Waals surface area contributed by atoms with Gasteiger partial charge in [-0.15, -0.1) is 6.58 Å². The summed E-state index contributed by atoms with van der Waals surface area (Å²) in [5.41, 5.74) is 2.71. The summed E-state index contributed by atoms with van der Waals surface area (Å²) in [6.07, 6.45) is 14.1. The summed E-state index contributed by atoms with van der Waals surface area (Å²) < 4.78 is 30.3. The van der Waals surface area contributed by atoms with Crippen molar-refractivity contribution in [1.29, 1.82) is 0 Å². The summed E-state index contributed by atoms with van der Waals surface area (Å²) in [4.78, 5) is 0. The molecular weight excluding hydrogens is 398 g/mol. The lowest BCUT2D eigenvalue weighted by Gasteiger charge is -2.37. The summed E-state index contributed by atoms with van der Waals surface area (Å²) in [5, 5.41) is 0. The number of rotatable bonds is 6. The lowest BCUT2D eigenvalue weighted by atomic mass is 9.68. The summed E-state index contributed by atoms with van der Waals surface area (Å²) in [7, 11) is 0. The highest BCUT2D eigenvalue weighted by molar-refractivity contribution is 5.67. The molecule has 0 unspecified atom stereocenters. The van der Waals surface area contributed by atoms with Crippen molar-refractivity contribution in [3.8, 4) is 0 Å². The Hall–Kier alpha value is -1.44. The lowest BCUT2D eigenvalue weighted by molar-refractivity contribution is 0.146. The van der Waals surface area contributed by atoms with Crippen LogP contribution in [0.25, 0.3) is 5.57 Å². The summed E-state index contributed by atoms with van der Waals surface area (Å²) >= 11 is 0. The van der Waals surface area contributed by atoms with Gasteiger partial charge in [-0.2, -0.15) is 0 Å². The Labute approximate surface area is 195 Å². The summed E-state index contributed by atoms with van der Waals surface area (Å²) in [6, 6.07) is 3.51. The van der Waals surface area contributed by atoms with Crippen LogP contribution in [0.15, 0.2) is 30.6 Å². The zero-order valence-electron chi connectivity index (χ0n) is 21.1. The van der Waals surface area contributed by atoms with Crippen molar-refractivity contribution in [1.82, 2.24) is 0 Å². The van der Waals surface area contributed by atoms with Crippen LogP contribution < -0.4 is 0 Å². The Bertz CT molecular complexity index is 787. The first-order valence-electron chi connectivity index (χ1n) is 12.9. The van der Waals surface area contributed by atoms with Crippen LogP contribution in [0.5, 0.6) is 0 Å². The third-order valence-electron chi connectivity index (χ3n) is 8.30. The van der Waals surface area contributed by atoms with Crippen molar-refractivity contribution in [3.05, 3.63) is 53.1 Å². The van der Waals surface area contributed by atoms with E-state index in [1.807, 2.05) is 46.8 Å². The molecule has 0 bridgehead atoms. The average molecular weight is 443 g/mol. The molecule has 2 heteroatoms. The molecule has 0 N–H and O–H groups in total. The fourth-order valence-electron chi connectivity index (χ4n) is 6.50. The third kappa shape index (κ3) is 5.91. The van der Waals surface area contributed by atoms with Crippen LogP contribution >= 0.6 is 0 Å². The first-order valence-corrected chi connectivity index (χ1v) is 12.9. The second kappa shape index (κ2) is 10.7. The van der Waals surface area contributed by atoms with Gasteiger partial charge in [0.2, 0.25) is 0 Å². The van der Waals surface area contributed by atoms with Gasteiger partial charge < -0.3 is 0 Å². The predicted octanol–water partition coefficient (Wildman–Crippen LogP) is 9.71. The Balaban J connectivity index is 1.61. The number of halogens is 2. The van der Waals surface area contributed by atoms with Crippen LogP contribution in [0.3, 0.4) is 0 Å². The minimum absolute atomic E-state index is 0.000778. The van der Waals surface area contributed by atoms with E-state index in [0.717, 1.165) is 61.0 Å². The zero-order chi connectivity index (χ0) is 23.5. The first kappa shape index (κ1) is 25.2. The van der Waals surface area contributed by atoms with E-state index >= 15 is 4.39 Å². The third-order valence-corrected chi connectivity index (χ3v) is 8.30. The maximum absolute atomic E-state index is 15.5. The molecule has 2 aliphatic rings. The van der Waals surface area contributed by atoms with Gasteiger partial charge in [-0.3, -0.25) is 0 Å². The molecule has 3 rings (SSSR count). The fourth-order valence-corrected chi connectivity index (χ4v) is 6.50. The van der Waals surface area contributed by atoms with E-state index in [-0.39, 0.29) is 23.0 Å². The van der Waals surface area contributed by atoms with Crippen molar-refractivity contribution in [3.63, 3.8) is 0 Å². The van der Waals surface area contributed by atoms with Crippen molar-refractivity contribution < 1.29 is 8.78 Å². The Morgan fingerprint density at radius 3 is 2.06 bits per heavy atom. The quantitative estimate of drug-likeness (QED) is 0.385. The van der Waals surface area contributed by atoms with E-state index in [0.29, 0.717) is 11.1 Å². The highest BCUT2D eigenvalue weighted by Gasteiger charge is 2.32. The molecular formula is C30H44F2. The largest absolute Gasteiger partial charge is 0.211 e. The van der Waals surface area contributed by atoms with Gasteiger partial charge in [0.25, 0.3) is 0 Å². The van der Waals surface area contributed by atoms with Gasteiger partial charge in [0.05, 0.1) is 0 Å². The first-order chi connectivity index (χ1) is 15.1. The smallest absolute Gasteiger partial charge is 0.127 e. The number of hydrogen-bond acceptors (Lipinski definition) is 0. The van der Waals surface area contributed by atoms with Crippen molar-refractivity contribution in [2.75, 3.05) is 0 Å². The molecule has 0 aliphatic heterocycles. The zero-order valence-corrected chi connectivity index (χ0v) is 21.1. The molecule has 0 saturated heterocycles. The maximum atomic E-state index is 15.5. The molecule has 178 valence electrons. The van der Waals surface area contributed by atoms with Gasteiger partial charge >= 0.3 is 0 Å². The molecule has 0 heterocycles. The van der Waals surface area contributed by atoms with Crippen LogP contribution in [-0.2, 0) is 5.41 Å². The minimum Gasteiger partial charge on any atom is -0.211 e. The molecule has 0 amide bonds. The SMILES string of the molecule is C=CCCC1CCC(C2CCC(/C(F)=C(\C)c3cc(C)c(C(C)(C)C)c(F)c3)CC2)CC1. The minimum atomic E-state index is -0.258. The van der Waals surface area contributed by atoms with Crippen molar-refractivity contribution in [2.24, 2.45) is 23.7 Å². The van der Waals surface area contributed by atoms with Crippen LogP contribution in [0.1, 0.15) is 109 Å². The number of aryl methyl sites for hydroxylation is 1. The average Bonchev–Trinajstić information content (AvgIpc) is 2.75. The molecule has 1 aromatic carbocycles. The molecule has 2 aliphatic carbocycles. The molecule has 0 spiro atoms. The van der Waals surface area contributed by atoms with E-state index in [2.05, 4.69) is 6.58 Å². The lowest BCUT2D eigenvalue weighted by Crippen LogP contribution is -2.26. The maximum Gasteiger partial charge on any atom is 0.127 e. The Morgan fingerprint density at radius 1 is 1.00 bits per heavy atom. The molecule has 2 fully saturated rings. The number of benzene rings is 1. The predicted molar refractivity (Wildman–Crippen MR) is 134 cm³/mol. The monoisotopic (exact) mass is 442 g/mol. The highest BCUT2D eigenvalue weighted by Crippen LogP contribution is 2.45. The van der Waals surface area contributed by atoms with Crippen LogP contribution in [0.4, 0.5) is 8.78 Å². The molecule has 0 nitrogen and oxygen atoms in total. The van der Waals surface area contributed by atoms with E-state index in [1.54, 1.807) is 6.07 Å². The van der Waals surface area contributed by atoms with Gasteiger partial charge in [-0.1, -0.05) is 45.8 Å². The van der Waals surface area contributed by atoms with E-state index in [9.17, 15) is 4.39 Å². The second-order valence-electron chi connectivity index (χ2n) is 11.6. The van der Waals surface area contributed by atoms with E-state index in [4.69, 9.17) is 0 Å². The topological polar surface area (TPSA) is 0 Å². The number of hydrogen-bond donors (Lipinski definition) is 0. The Morgan fingerprint density at radius 2 is 1.56 bits per heavy atom. The standard InChI is InChI=1S/C30H44F2/c1-7-8-9-22-10-12-23(13-11-22)24-14-16-25(17-15-24)29(32)21(3)26-18-20(2)28(27(31)19-26)30(4,5)6/h7,18-19,22-25H,1,8-17H2,2-6H3/b29-21-. The van der Waals surface area contributed by atoms with E-state index < -0.39 is 0 Å². The fraction of sp³-hybridized carbons (Fsp3) is 0.667. The summed E-state index contributed by atoms with van der Waals surface area (Å²) in [6.45, 7) is 13.7. The molecule has 0 aromatic heterocycles. The van der Waals surface area contributed by atoms with Gasteiger partial charge in [0.1, 0.15) is 11.6 Å². The molecule has 0 radical (unpaired) electrons. The second-order valence-corrected chi connectivity index (χ2v) is 11.6. The van der Waals surface area contributed by atoms with Crippen LogP contribution in [0, 0.1) is 36.4 Å². The number of allylic oxidation sites excluding steroid dienone is 3. The van der Waals surface area contributed by atoms with Crippen molar-refractivity contribution >= 4 is 5.57 Å². The van der Waals surface area contributed by atoms with E-state index in [1.165, 1.54) is 32.1 Å². The molecule has 0 atom stereocenters. The molecule has 1 aromatic rings. The molecule has 2 saturated carbocycles. The van der Waals surface area contributed by atoms with Gasteiger partial charge in [-0.25, -0.2) is 8.78 Å². The van der Waals surface area contributed by atoms with Gasteiger partial charge in [0.15, 0.2) is 0 Å². The summed E-state index contributed by atoms with van der Waals surface area (Å²) in [5.74, 6) is 2.26. The normalized spacial score (nSPS) is 27.7. The molecule has 32 heavy (non-hydrogen) atoms. The highest BCUT2D eigenvalue weighted by atomic mass is 19.1. The van der Waals surface area contributed by atoms with Gasteiger partial charge in [-0.05, 0) is 117 Å². The van der Waals surface area contributed by atoms with Crippen LogP contribution in [0.2, 0.25) is 0 Å². The Kier molecular flexibility index (Phi) is 8.39.